The summed E-state index contributed by atoms with van der Waals surface area (Å²) in [5.41, 5.74) is 6.54. The Morgan fingerprint density at radius 2 is 1.74 bits per heavy atom. The average molecular weight is 346 g/mol. The lowest BCUT2D eigenvalue weighted by Gasteiger charge is -2.26. The van der Waals surface area contributed by atoms with Gasteiger partial charge in [-0.3, -0.25) is 9.59 Å². The zero-order chi connectivity index (χ0) is 16.9. The van der Waals surface area contributed by atoms with Gasteiger partial charge >= 0.3 is 0 Å². The molecule has 1 aromatic carbocycles. The van der Waals surface area contributed by atoms with Gasteiger partial charge in [-0.2, -0.15) is 0 Å². The fraction of sp³-hybridized carbons (Fsp3) is 0.500. The van der Waals surface area contributed by atoms with Gasteiger partial charge in [0.05, 0.1) is 18.6 Å². The first-order chi connectivity index (χ1) is 10.2. The van der Waals surface area contributed by atoms with Crippen molar-refractivity contribution in [2.45, 2.75) is 32.9 Å². The number of nitrogens with two attached hydrogens (primary N) is 1. The lowest BCUT2D eigenvalue weighted by atomic mass is 10.1. The zero-order valence-electron chi connectivity index (χ0n) is 13.9. The second-order valence-electron chi connectivity index (χ2n) is 5.72. The molecule has 0 bridgehead atoms. The molecular formula is C16H25ClFN3O2. The van der Waals surface area contributed by atoms with Crippen LogP contribution in [0.2, 0.25) is 0 Å². The quantitative estimate of drug-likeness (QED) is 0.826. The highest BCUT2D eigenvalue weighted by Gasteiger charge is 2.21. The molecule has 0 aliphatic rings. The number of carbonyl (C=O) groups is 2. The normalized spacial score (nSPS) is 13.0. The number of carbonyl (C=O) groups excluding carboxylic acids is 2. The van der Waals surface area contributed by atoms with E-state index >= 15 is 0 Å². The van der Waals surface area contributed by atoms with E-state index in [2.05, 4.69) is 5.32 Å². The number of rotatable bonds is 6. The molecule has 0 aliphatic heterocycles. The average Bonchev–Trinajstić information content (AvgIpc) is 2.50. The van der Waals surface area contributed by atoms with Crippen LogP contribution in [0.25, 0.3) is 0 Å². The largest absolute Gasteiger partial charge is 0.346 e. The van der Waals surface area contributed by atoms with Crippen molar-refractivity contribution in [1.82, 2.24) is 10.2 Å². The summed E-state index contributed by atoms with van der Waals surface area (Å²) in [6.07, 6.45) is 0. The molecule has 0 heterocycles. The summed E-state index contributed by atoms with van der Waals surface area (Å²) < 4.78 is 12.9. The fourth-order valence-corrected chi connectivity index (χ4v) is 1.89. The first-order valence-corrected chi connectivity index (χ1v) is 7.28. The molecule has 23 heavy (non-hydrogen) atoms. The van der Waals surface area contributed by atoms with Gasteiger partial charge in [0.15, 0.2) is 0 Å². The van der Waals surface area contributed by atoms with Crippen LogP contribution in [0.15, 0.2) is 24.3 Å². The van der Waals surface area contributed by atoms with Crippen LogP contribution in [0, 0.1) is 11.7 Å². The van der Waals surface area contributed by atoms with Crippen LogP contribution in [0.3, 0.4) is 0 Å². The minimum absolute atomic E-state index is 0. The second kappa shape index (κ2) is 9.47. The van der Waals surface area contributed by atoms with Gasteiger partial charge in [0.25, 0.3) is 0 Å². The van der Waals surface area contributed by atoms with E-state index in [1.807, 2.05) is 20.8 Å². The maximum Gasteiger partial charge on any atom is 0.242 e. The topological polar surface area (TPSA) is 75.4 Å². The van der Waals surface area contributed by atoms with Crippen molar-refractivity contribution in [2.24, 2.45) is 11.7 Å². The molecule has 0 radical (unpaired) electrons. The number of benzene rings is 1. The van der Waals surface area contributed by atoms with Crippen molar-refractivity contribution in [1.29, 1.82) is 0 Å². The first-order valence-electron chi connectivity index (χ1n) is 7.28. The summed E-state index contributed by atoms with van der Waals surface area (Å²) in [4.78, 5) is 25.4. The summed E-state index contributed by atoms with van der Waals surface area (Å²) in [5, 5.41) is 2.54. The van der Waals surface area contributed by atoms with Gasteiger partial charge < -0.3 is 16.0 Å². The van der Waals surface area contributed by atoms with E-state index in [-0.39, 0.29) is 48.5 Å². The molecular weight excluding hydrogens is 321 g/mol. The van der Waals surface area contributed by atoms with Crippen LogP contribution >= 0.6 is 12.4 Å². The molecule has 3 N–H and O–H groups in total. The van der Waals surface area contributed by atoms with E-state index < -0.39 is 6.04 Å². The second-order valence-corrected chi connectivity index (χ2v) is 5.72. The molecule has 130 valence electrons. The third-order valence-corrected chi connectivity index (χ3v) is 3.76. The predicted molar refractivity (Wildman–Crippen MR) is 90.7 cm³/mol. The van der Waals surface area contributed by atoms with Crippen molar-refractivity contribution in [3.05, 3.63) is 35.6 Å². The lowest BCUT2D eigenvalue weighted by molar-refractivity contribution is -0.133. The lowest BCUT2D eigenvalue weighted by Crippen LogP contribution is -2.47. The third-order valence-electron chi connectivity index (χ3n) is 3.76. The maximum atomic E-state index is 12.9. The minimum atomic E-state index is -0.632. The van der Waals surface area contributed by atoms with Gasteiger partial charge in [-0.05, 0) is 30.5 Å². The Bertz CT molecular complexity index is 523. The summed E-state index contributed by atoms with van der Waals surface area (Å²) in [7, 11) is 1.64. The maximum absolute atomic E-state index is 12.9. The van der Waals surface area contributed by atoms with Gasteiger partial charge in [0, 0.05) is 7.05 Å². The molecule has 0 fully saturated rings. The van der Waals surface area contributed by atoms with E-state index in [9.17, 15) is 14.0 Å². The van der Waals surface area contributed by atoms with E-state index in [0.29, 0.717) is 0 Å². The zero-order valence-corrected chi connectivity index (χ0v) is 14.7. The predicted octanol–water partition coefficient (Wildman–Crippen LogP) is 1.87. The van der Waals surface area contributed by atoms with Gasteiger partial charge in [0.1, 0.15) is 5.82 Å². The minimum Gasteiger partial charge on any atom is -0.346 e. The fourth-order valence-electron chi connectivity index (χ4n) is 1.89. The number of halogens is 2. The molecule has 2 atom stereocenters. The molecule has 1 unspecified atom stereocenters. The molecule has 0 spiro atoms. The molecule has 2 amide bonds. The molecule has 7 heteroatoms. The van der Waals surface area contributed by atoms with Crippen LogP contribution in [0.1, 0.15) is 32.4 Å². The third kappa shape index (κ3) is 6.15. The van der Waals surface area contributed by atoms with Crippen LogP contribution < -0.4 is 11.1 Å². The van der Waals surface area contributed by atoms with Crippen molar-refractivity contribution in [3.63, 3.8) is 0 Å². The highest BCUT2D eigenvalue weighted by Crippen LogP contribution is 2.18. The van der Waals surface area contributed by atoms with Crippen LogP contribution in [-0.4, -0.2) is 36.3 Å². The van der Waals surface area contributed by atoms with Gasteiger partial charge in [0.2, 0.25) is 11.8 Å². The van der Waals surface area contributed by atoms with Crippen molar-refractivity contribution >= 4 is 24.2 Å². The van der Waals surface area contributed by atoms with Crippen LogP contribution in [0.5, 0.6) is 0 Å². The number of nitrogens with one attached hydrogen (secondary N) is 1. The van der Waals surface area contributed by atoms with Crippen molar-refractivity contribution in [3.8, 4) is 0 Å². The first kappa shape index (κ1) is 21.3. The van der Waals surface area contributed by atoms with Gasteiger partial charge in [-0.25, -0.2) is 4.39 Å². The molecule has 0 aromatic heterocycles. The molecule has 0 aliphatic carbocycles. The summed E-state index contributed by atoms with van der Waals surface area (Å²) in [6, 6.07) is 5.13. The van der Waals surface area contributed by atoms with Gasteiger partial charge in [-0.1, -0.05) is 26.0 Å². The molecule has 1 rings (SSSR count). The summed E-state index contributed by atoms with van der Waals surface area (Å²) in [6.45, 7) is 5.41. The Morgan fingerprint density at radius 3 is 2.22 bits per heavy atom. The Morgan fingerprint density at radius 1 is 1.22 bits per heavy atom. The van der Waals surface area contributed by atoms with E-state index in [1.54, 1.807) is 19.2 Å². The Kier molecular flexibility index (Phi) is 8.79. The molecule has 0 saturated carbocycles. The van der Waals surface area contributed by atoms with Gasteiger partial charge in [-0.15, -0.1) is 12.4 Å². The van der Waals surface area contributed by atoms with Crippen LogP contribution in [-0.2, 0) is 9.59 Å². The Balaban J connectivity index is 0.00000484. The van der Waals surface area contributed by atoms with E-state index in [0.717, 1.165) is 5.56 Å². The highest BCUT2D eigenvalue weighted by molar-refractivity contribution is 5.87. The SMILES string of the molecule is CC(C)[C@H](N)C(=O)NCC(=O)N(C)C(C)c1ccc(F)cc1.Cl. The summed E-state index contributed by atoms with van der Waals surface area (Å²) >= 11 is 0. The molecule has 1 aromatic rings. The van der Waals surface area contributed by atoms with Crippen molar-refractivity contribution in [2.75, 3.05) is 13.6 Å². The number of nitrogens with zero attached hydrogens (tertiary/aromatic N) is 1. The Labute approximate surface area is 142 Å². The number of amides is 2. The van der Waals surface area contributed by atoms with Crippen LogP contribution in [0.4, 0.5) is 4.39 Å². The number of hydrogen-bond donors (Lipinski definition) is 2. The van der Waals surface area contributed by atoms with Crippen molar-refractivity contribution < 1.29 is 14.0 Å². The highest BCUT2D eigenvalue weighted by atomic mass is 35.5. The number of likely N-dealkylation sites (N-methyl/N-ethyl adjacent to an activating group) is 1. The van der Waals surface area contributed by atoms with E-state index in [4.69, 9.17) is 5.73 Å². The summed E-state index contributed by atoms with van der Waals surface area (Å²) in [5.74, 6) is -0.891. The smallest absolute Gasteiger partial charge is 0.242 e. The standard InChI is InChI=1S/C16H24FN3O2.ClH/c1-10(2)15(18)16(22)19-9-14(21)20(4)11(3)12-5-7-13(17)8-6-12;/h5-8,10-11,15H,9,18H2,1-4H3,(H,19,22);1H/t11?,15-;/m0./s1. The molecule has 0 saturated heterocycles. The number of hydrogen-bond acceptors (Lipinski definition) is 3. The Hall–Kier alpha value is -1.66. The molecule has 5 nitrogen and oxygen atoms in total. The monoisotopic (exact) mass is 345 g/mol. The van der Waals surface area contributed by atoms with E-state index in [1.165, 1.54) is 17.0 Å².